The Bertz CT molecular complexity index is 836. The first-order valence-corrected chi connectivity index (χ1v) is 9.61. The van der Waals surface area contributed by atoms with Crippen LogP contribution in [0.15, 0.2) is 52.3 Å². The summed E-state index contributed by atoms with van der Waals surface area (Å²) < 4.78 is 5.24. The molecule has 1 fully saturated rings. The second-order valence-corrected chi connectivity index (χ2v) is 7.52. The topological polar surface area (TPSA) is 49.8 Å². The van der Waals surface area contributed by atoms with Crippen molar-refractivity contribution in [2.24, 2.45) is 0 Å². The number of carbonyl (C=O) groups is 1. The summed E-state index contributed by atoms with van der Waals surface area (Å²) in [6, 6.07) is 10.6. The number of amides is 1. The number of ether oxygens (including phenoxy) is 1. The van der Waals surface area contributed by atoms with E-state index in [2.05, 4.69) is 0 Å². The van der Waals surface area contributed by atoms with Crippen molar-refractivity contribution in [3.05, 3.63) is 58.1 Å². The number of morpholine rings is 1. The zero-order valence-corrected chi connectivity index (χ0v) is 16.2. The third-order valence-electron chi connectivity index (χ3n) is 3.85. The standard InChI is InChI=1S/C19H17Cl2NO3S/c20-18-13(5-7-17(24)22-8-10-25-11-9-22)4-6-16(19(18)21)26-15-3-1-2-14(23)12-15/h1-7,12,23H,8-11H2. The molecule has 0 aliphatic carbocycles. The van der Waals surface area contributed by atoms with Crippen LogP contribution in [-0.2, 0) is 9.53 Å². The summed E-state index contributed by atoms with van der Waals surface area (Å²) in [6.07, 6.45) is 3.18. The van der Waals surface area contributed by atoms with Gasteiger partial charge in [-0.15, -0.1) is 0 Å². The zero-order valence-electron chi connectivity index (χ0n) is 13.8. The van der Waals surface area contributed by atoms with Gasteiger partial charge < -0.3 is 14.7 Å². The lowest BCUT2D eigenvalue weighted by Gasteiger charge is -2.25. The normalized spacial score (nSPS) is 14.8. The lowest BCUT2D eigenvalue weighted by molar-refractivity contribution is -0.129. The number of benzene rings is 2. The molecule has 4 nitrogen and oxygen atoms in total. The number of aromatic hydroxyl groups is 1. The number of hydrogen-bond acceptors (Lipinski definition) is 4. The molecule has 136 valence electrons. The van der Waals surface area contributed by atoms with Gasteiger partial charge in [-0.2, -0.15) is 0 Å². The Kier molecular flexibility index (Phi) is 6.48. The molecule has 2 aromatic carbocycles. The summed E-state index contributed by atoms with van der Waals surface area (Å²) in [5.41, 5.74) is 0.679. The molecule has 7 heteroatoms. The van der Waals surface area contributed by atoms with Crippen LogP contribution in [0.1, 0.15) is 5.56 Å². The average molecular weight is 410 g/mol. The second-order valence-electron chi connectivity index (χ2n) is 5.65. The zero-order chi connectivity index (χ0) is 18.5. The summed E-state index contributed by atoms with van der Waals surface area (Å²) in [6.45, 7) is 2.31. The van der Waals surface area contributed by atoms with E-state index in [4.69, 9.17) is 27.9 Å². The summed E-state index contributed by atoms with van der Waals surface area (Å²) in [5, 5.41) is 10.4. The van der Waals surface area contributed by atoms with E-state index in [1.54, 1.807) is 29.2 Å². The van der Waals surface area contributed by atoms with Gasteiger partial charge in [0.25, 0.3) is 0 Å². The van der Waals surface area contributed by atoms with Gasteiger partial charge in [0.15, 0.2) is 0 Å². The van der Waals surface area contributed by atoms with E-state index in [0.29, 0.717) is 41.9 Å². The van der Waals surface area contributed by atoms with E-state index in [-0.39, 0.29) is 11.7 Å². The molecule has 26 heavy (non-hydrogen) atoms. The Labute approximate surface area is 166 Å². The van der Waals surface area contributed by atoms with Crippen molar-refractivity contribution >= 4 is 46.9 Å². The first-order chi connectivity index (χ1) is 12.5. The smallest absolute Gasteiger partial charge is 0.246 e. The highest BCUT2D eigenvalue weighted by molar-refractivity contribution is 7.99. The fourth-order valence-electron chi connectivity index (χ4n) is 2.48. The summed E-state index contributed by atoms with van der Waals surface area (Å²) >= 11 is 14.2. The monoisotopic (exact) mass is 409 g/mol. The molecule has 0 spiro atoms. The largest absolute Gasteiger partial charge is 0.508 e. The van der Waals surface area contributed by atoms with Gasteiger partial charge in [-0.05, 0) is 35.9 Å². The molecule has 0 aromatic heterocycles. The van der Waals surface area contributed by atoms with E-state index in [0.717, 1.165) is 9.79 Å². The third-order valence-corrected chi connectivity index (χ3v) is 5.91. The van der Waals surface area contributed by atoms with Gasteiger partial charge in [-0.25, -0.2) is 0 Å². The molecule has 1 N–H and O–H groups in total. The number of phenols is 1. The van der Waals surface area contributed by atoms with Gasteiger partial charge in [-0.1, -0.05) is 47.1 Å². The number of phenolic OH excluding ortho intramolecular Hbond substituents is 1. The molecular weight excluding hydrogens is 393 g/mol. The Morgan fingerprint density at radius 1 is 1.15 bits per heavy atom. The van der Waals surface area contributed by atoms with Crippen LogP contribution in [0.2, 0.25) is 10.0 Å². The van der Waals surface area contributed by atoms with Crippen molar-refractivity contribution in [1.29, 1.82) is 0 Å². The van der Waals surface area contributed by atoms with Crippen LogP contribution >= 0.6 is 35.0 Å². The number of hydrogen-bond donors (Lipinski definition) is 1. The van der Waals surface area contributed by atoms with E-state index in [1.807, 2.05) is 18.2 Å². The molecule has 0 unspecified atom stereocenters. The SMILES string of the molecule is O=C(C=Cc1ccc(Sc2cccc(O)c2)c(Cl)c1Cl)N1CCOCC1. The van der Waals surface area contributed by atoms with Crippen molar-refractivity contribution < 1.29 is 14.6 Å². The maximum absolute atomic E-state index is 12.2. The molecule has 1 aliphatic rings. The summed E-state index contributed by atoms with van der Waals surface area (Å²) in [4.78, 5) is 15.6. The molecular formula is C19H17Cl2NO3S. The van der Waals surface area contributed by atoms with Gasteiger partial charge in [0.05, 0.1) is 23.3 Å². The minimum absolute atomic E-state index is 0.0706. The molecule has 1 amide bonds. The van der Waals surface area contributed by atoms with Crippen LogP contribution in [0.3, 0.4) is 0 Å². The predicted molar refractivity (Wildman–Crippen MR) is 105 cm³/mol. The lowest BCUT2D eigenvalue weighted by Crippen LogP contribution is -2.39. The molecule has 2 aromatic rings. The van der Waals surface area contributed by atoms with Crippen LogP contribution in [0.5, 0.6) is 5.75 Å². The van der Waals surface area contributed by atoms with Gasteiger partial charge in [0.1, 0.15) is 5.75 Å². The molecule has 3 rings (SSSR count). The third kappa shape index (κ3) is 4.74. The highest BCUT2D eigenvalue weighted by Gasteiger charge is 2.15. The molecule has 1 heterocycles. The van der Waals surface area contributed by atoms with Crippen LogP contribution in [-0.4, -0.2) is 42.2 Å². The molecule has 0 atom stereocenters. The first kappa shape index (κ1) is 19.1. The Hall–Kier alpha value is -1.66. The quantitative estimate of drug-likeness (QED) is 0.741. The minimum Gasteiger partial charge on any atom is -0.508 e. The number of rotatable bonds is 4. The number of halogens is 2. The Balaban J connectivity index is 1.74. The lowest BCUT2D eigenvalue weighted by atomic mass is 10.2. The maximum atomic E-state index is 12.2. The average Bonchev–Trinajstić information content (AvgIpc) is 2.65. The van der Waals surface area contributed by atoms with Crippen molar-refractivity contribution in [2.45, 2.75) is 9.79 Å². The van der Waals surface area contributed by atoms with Crippen LogP contribution in [0, 0.1) is 0 Å². The van der Waals surface area contributed by atoms with E-state index in [9.17, 15) is 9.90 Å². The summed E-state index contributed by atoms with van der Waals surface area (Å²) in [7, 11) is 0. The van der Waals surface area contributed by atoms with E-state index < -0.39 is 0 Å². The molecule has 0 saturated carbocycles. The van der Waals surface area contributed by atoms with Crippen molar-refractivity contribution in [1.82, 2.24) is 4.90 Å². The van der Waals surface area contributed by atoms with Crippen LogP contribution < -0.4 is 0 Å². The molecule has 1 saturated heterocycles. The predicted octanol–water partition coefficient (Wildman–Crippen LogP) is 4.72. The molecule has 1 aliphatic heterocycles. The fourth-order valence-corrected chi connectivity index (χ4v) is 3.96. The van der Waals surface area contributed by atoms with Crippen molar-refractivity contribution in [3.63, 3.8) is 0 Å². The van der Waals surface area contributed by atoms with E-state index in [1.165, 1.54) is 17.8 Å². The van der Waals surface area contributed by atoms with Crippen LogP contribution in [0.4, 0.5) is 0 Å². The highest BCUT2D eigenvalue weighted by Crippen LogP contribution is 2.39. The van der Waals surface area contributed by atoms with Gasteiger partial charge >= 0.3 is 0 Å². The maximum Gasteiger partial charge on any atom is 0.246 e. The Morgan fingerprint density at radius 2 is 1.92 bits per heavy atom. The molecule has 0 radical (unpaired) electrons. The Morgan fingerprint density at radius 3 is 2.65 bits per heavy atom. The molecule has 0 bridgehead atoms. The van der Waals surface area contributed by atoms with Gasteiger partial charge in [0, 0.05) is 29.0 Å². The fraction of sp³-hybridized carbons (Fsp3) is 0.211. The van der Waals surface area contributed by atoms with Crippen LogP contribution in [0.25, 0.3) is 6.08 Å². The summed E-state index contributed by atoms with van der Waals surface area (Å²) in [5.74, 6) is 0.122. The van der Waals surface area contributed by atoms with E-state index >= 15 is 0 Å². The second kappa shape index (κ2) is 8.82. The number of carbonyl (C=O) groups excluding carboxylic acids is 1. The minimum atomic E-state index is -0.0706. The van der Waals surface area contributed by atoms with Gasteiger partial charge in [-0.3, -0.25) is 4.79 Å². The van der Waals surface area contributed by atoms with Gasteiger partial charge in [0.2, 0.25) is 5.91 Å². The van der Waals surface area contributed by atoms with Crippen molar-refractivity contribution in [2.75, 3.05) is 26.3 Å². The first-order valence-electron chi connectivity index (χ1n) is 8.04. The van der Waals surface area contributed by atoms with Crippen molar-refractivity contribution in [3.8, 4) is 5.75 Å². The number of nitrogens with zero attached hydrogens (tertiary/aromatic N) is 1. The highest BCUT2D eigenvalue weighted by atomic mass is 35.5.